The lowest BCUT2D eigenvalue weighted by Crippen LogP contribution is -2.45. The van der Waals surface area contributed by atoms with Crippen molar-refractivity contribution in [3.8, 4) is 0 Å². The Balaban J connectivity index is 4.38. The normalized spacial score (nSPS) is 14.6. The van der Waals surface area contributed by atoms with Crippen molar-refractivity contribution in [1.29, 1.82) is 0 Å². The first-order chi connectivity index (χ1) is 6.40. The monoisotopic (exact) mass is 201 g/mol. The van der Waals surface area contributed by atoms with Gasteiger partial charge in [0.15, 0.2) is 0 Å². The lowest BCUT2D eigenvalue weighted by molar-refractivity contribution is -0.138. The Morgan fingerprint density at radius 2 is 1.86 bits per heavy atom. The van der Waals surface area contributed by atoms with Crippen molar-refractivity contribution >= 4 is 11.8 Å². The van der Waals surface area contributed by atoms with Gasteiger partial charge < -0.3 is 16.4 Å². The SMILES string of the molecule is CCN(CC(N)=O)C(=O)C(C)C(C)N. The zero-order valence-corrected chi connectivity index (χ0v) is 8.99. The number of rotatable bonds is 5. The van der Waals surface area contributed by atoms with Gasteiger partial charge in [-0.1, -0.05) is 6.92 Å². The van der Waals surface area contributed by atoms with Gasteiger partial charge in [0.05, 0.1) is 12.5 Å². The van der Waals surface area contributed by atoms with Crippen molar-refractivity contribution in [2.24, 2.45) is 17.4 Å². The predicted octanol–water partition coefficient (Wildman–Crippen LogP) is -0.696. The molecule has 0 aliphatic carbocycles. The third-order valence-electron chi connectivity index (χ3n) is 2.22. The zero-order valence-electron chi connectivity index (χ0n) is 8.99. The van der Waals surface area contributed by atoms with Gasteiger partial charge >= 0.3 is 0 Å². The summed E-state index contributed by atoms with van der Waals surface area (Å²) in [4.78, 5) is 23.8. The number of carbonyl (C=O) groups excluding carboxylic acids is 2. The minimum absolute atomic E-state index is 0.0353. The Labute approximate surface area is 84.4 Å². The van der Waals surface area contributed by atoms with Crippen LogP contribution in [0.5, 0.6) is 0 Å². The second-order valence-electron chi connectivity index (χ2n) is 3.47. The molecule has 2 unspecified atom stereocenters. The van der Waals surface area contributed by atoms with Gasteiger partial charge in [0.2, 0.25) is 11.8 Å². The molecule has 0 aliphatic heterocycles. The molecule has 5 heteroatoms. The number of nitrogens with zero attached hydrogens (tertiary/aromatic N) is 1. The highest BCUT2D eigenvalue weighted by atomic mass is 16.2. The Hall–Kier alpha value is -1.10. The molecule has 0 spiro atoms. The molecule has 5 nitrogen and oxygen atoms in total. The van der Waals surface area contributed by atoms with Crippen molar-refractivity contribution < 1.29 is 9.59 Å². The molecule has 82 valence electrons. The molecule has 0 saturated heterocycles. The molecular weight excluding hydrogens is 182 g/mol. The Bertz CT molecular complexity index is 216. The number of primary amides is 1. The van der Waals surface area contributed by atoms with Crippen LogP contribution in [0.25, 0.3) is 0 Å². The van der Waals surface area contributed by atoms with Gasteiger partial charge in [-0.25, -0.2) is 0 Å². The van der Waals surface area contributed by atoms with Crippen LogP contribution < -0.4 is 11.5 Å². The minimum atomic E-state index is -0.503. The smallest absolute Gasteiger partial charge is 0.237 e. The molecule has 0 rings (SSSR count). The molecule has 14 heavy (non-hydrogen) atoms. The molecule has 0 aromatic rings. The maximum atomic E-state index is 11.7. The maximum absolute atomic E-state index is 11.7. The van der Waals surface area contributed by atoms with E-state index in [0.29, 0.717) is 6.54 Å². The molecule has 0 aliphatic rings. The molecule has 0 saturated carbocycles. The van der Waals surface area contributed by atoms with E-state index in [2.05, 4.69) is 0 Å². The van der Waals surface area contributed by atoms with E-state index in [1.165, 1.54) is 4.90 Å². The number of carbonyl (C=O) groups is 2. The number of amides is 2. The van der Waals surface area contributed by atoms with E-state index in [4.69, 9.17) is 11.5 Å². The summed E-state index contributed by atoms with van der Waals surface area (Å²) in [5.41, 5.74) is 10.6. The van der Waals surface area contributed by atoms with Crippen molar-refractivity contribution in [3.63, 3.8) is 0 Å². The van der Waals surface area contributed by atoms with Gasteiger partial charge in [-0.2, -0.15) is 0 Å². The van der Waals surface area contributed by atoms with E-state index in [9.17, 15) is 9.59 Å². The fraction of sp³-hybridized carbons (Fsp3) is 0.778. The molecule has 4 N–H and O–H groups in total. The first-order valence-electron chi connectivity index (χ1n) is 4.72. The van der Waals surface area contributed by atoms with Crippen molar-refractivity contribution in [2.45, 2.75) is 26.8 Å². The molecule has 2 amide bonds. The van der Waals surface area contributed by atoms with Crippen LogP contribution in [-0.4, -0.2) is 35.8 Å². The van der Waals surface area contributed by atoms with E-state index in [1.807, 2.05) is 0 Å². The number of hydrogen-bond acceptors (Lipinski definition) is 3. The highest BCUT2D eigenvalue weighted by Gasteiger charge is 2.22. The summed E-state index contributed by atoms with van der Waals surface area (Å²) >= 11 is 0. The highest BCUT2D eigenvalue weighted by Crippen LogP contribution is 2.05. The van der Waals surface area contributed by atoms with E-state index >= 15 is 0 Å². The van der Waals surface area contributed by atoms with Crippen LogP contribution in [0.15, 0.2) is 0 Å². The molecule has 0 aromatic carbocycles. The summed E-state index contributed by atoms with van der Waals surface area (Å²) in [5, 5.41) is 0. The molecular formula is C9H19N3O2. The van der Waals surface area contributed by atoms with Crippen LogP contribution in [0.2, 0.25) is 0 Å². The first kappa shape index (κ1) is 12.9. The molecule has 0 bridgehead atoms. The quantitative estimate of drug-likeness (QED) is 0.616. The predicted molar refractivity (Wildman–Crippen MR) is 54.3 cm³/mol. The van der Waals surface area contributed by atoms with E-state index < -0.39 is 5.91 Å². The van der Waals surface area contributed by atoms with Crippen LogP contribution in [0.3, 0.4) is 0 Å². The molecule has 0 heterocycles. The lowest BCUT2D eigenvalue weighted by atomic mass is 10.0. The van der Waals surface area contributed by atoms with Gasteiger partial charge in [0.25, 0.3) is 0 Å². The fourth-order valence-electron chi connectivity index (χ4n) is 1.05. The fourth-order valence-corrected chi connectivity index (χ4v) is 1.05. The summed E-state index contributed by atoms with van der Waals surface area (Å²) in [5.74, 6) is -0.910. The van der Waals surface area contributed by atoms with Gasteiger partial charge in [-0.05, 0) is 13.8 Å². The van der Waals surface area contributed by atoms with Crippen LogP contribution in [0, 0.1) is 5.92 Å². The van der Waals surface area contributed by atoms with E-state index in [0.717, 1.165) is 0 Å². The second kappa shape index (κ2) is 5.59. The van der Waals surface area contributed by atoms with Crippen LogP contribution in [0.1, 0.15) is 20.8 Å². The van der Waals surface area contributed by atoms with Gasteiger partial charge in [-0.15, -0.1) is 0 Å². The summed E-state index contributed by atoms with van der Waals surface area (Å²) in [6, 6.07) is -0.218. The molecule has 2 atom stereocenters. The zero-order chi connectivity index (χ0) is 11.3. The van der Waals surface area contributed by atoms with E-state index in [1.54, 1.807) is 20.8 Å². The molecule has 0 fully saturated rings. The van der Waals surface area contributed by atoms with Crippen LogP contribution in [0.4, 0.5) is 0 Å². The molecule has 0 radical (unpaired) electrons. The number of likely N-dealkylation sites (N-methyl/N-ethyl adjacent to an activating group) is 1. The maximum Gasteiger partial charge on any atom is 0.237 e. The van der Waals surface area contributed by atoms with Crippen LogP contribution >= 0.6 is 0 Å². The molecule has 0 aromatic heterocycles. The summed E-state index contributed by atoms with van der Waals surface area (Å²) in [6.07, 6.45) is 0. The first-order valence-corrected chi connectivity index (χ1v) is 4.72. The Morgan fingerprint density at radius 1 is 1.36 bits per heavy atom. The highest BCUT2D eigenvalue weighted by molar-refractivity contribution is 5.85. The van der Waals surface area contributed by atoms with Crippen LogP contribution in [-0.2, 0) is 9.59 Å². The van der Waals surface area contributed by atoms with Crippen molar-refractivity contribution in [2.75, 3.05) is 13.1 Å². The van der Waals surface area contributed by atoms with Gasteiger partial charge in [0.1, 0.15) is 0 Å². The topological polar surface area (TPSA) is 89.4 Å². The minimum Gasteiger partial charge on any atom is -0.368 e. The summed E-state index contributed by atoms with van der Waals surface area (Å²) in [7, 11) is 0. The second-order valence-corrected chi connectivity index (χ2v) is 3.47. The third-order valence-corrected chi connectivity index (χ3v) is 2.22. The average Bonchev–Trinajstić information content (AvgIpc) is 2.11. The largest absolute Gasteiger partial charge is 0.368 e. The summed E-state index contributed by atoms with van der Waals surface area (Å²) in [6.45, 7) is 5.75. The van der Waals surface area contributed by atoms with Gasteiger partial charge in [0, 0.05) is 12.6 Å². The van der Waals surface area contributed by atoms with E-state index in [-0.39, 0.29) is 24.4 Å². The van der Waals surface area contributed by atoms with Crippen molar-refractivity contribution in [3.05, 3.63) is 0 Å². The summed E-state index contributed by atoms with van der Waals surface area (Å²) < 4.78 is 0. The third kappa shape index (κ3) is 3.74. The van der Waals surface area contributed by atoms with Gasteiger partial charge in [-0.3, -0.25) is 9.59 Å². The average molecular weight is 201 g/mol. The number of hydrogen-bond donors (Lipinski definition) is 2. The lowest BCUT2D eigenvalue weighted by Gasteiger charge is -2.24. The Morgan fingerprint density at radius 3 is 2.14 bits per heavy atom. The standard InChI is InChI=1S/C9H19N3O2/c1-4-12(5-8(11)13)9(14)6(2)7(3)10/h6-7H,4-5,10H2,1-3H3,(H2,11,13). The Kier molecular flexibility index (Phi) is 5.15. The van der Waals surface area contributed by atoms with Crippen molar-refractivity contribution in [1.82, 2.24) is 4.90 Å². The number of nitrogens with two attached hydrogens (primary N) is 2.